The lowest BCUT2D eigenvalue weighted by molar-refractivity contribution is -0.138. The number of amides is 3. The number of carbonyl (C=O) groups excluding carboxylic acids is 3. The Hall–Kier alpha value is -3.11. The summed E-state index contributed by atoms with van der Waals surface area (Å²) in [7, 11) is 0. The van der Waals surface area contributed by atoms with Crippen LogP contribution in [0.1, 0.15) is 113 Å². The van der Waals surface area contributed by atoms with E-state index in [2.05, 4.69) is 69.6 Å². The van der Waals surface area contributed by atoms with Gasteiger partial charge in [-0.05, 0) is 81.8 Å². The van der Waals surface area contributed by atoms with Gasteiger partial charge in [0.05, 0.1) is 19.6 Å². The van der Waals surface area contributed by atoms with Crippen molar-refractivity contribution in [2.24, 2.45) is 0 Å². The molecule has 4 aliphatic rings. The van der Waals surface area contributed by atoms with Crippen LogP contribution in [0.2, 0.25) is 0 Å². The predicted molar refractivity (Wildman–Crippen MR) is 235 cm³/mol. The summed E-state index contributed by atoms with van der Waals surface area (Å²) in [5.74, 6) is -0.450. The van der Waals surface area contributed by atoms with E-state index in [4.69, 9.17) is 4.74 Å². The number of fused-ring (bicyclic) bond motifs is 9. The summed E-state index contributed by atoms with van der Waals surface area (Å²) in [6.07, 6.45) is 14.4. The third-order valence-electron chi connectivity index (χ3n) is 12.4. The molecule has 6 bridgehead atoms. The molecule has 3 amide bonds. The molecule has 316 valence electrons. The SMILES string of the molecule is C=C(C)C(=O)OCCNC(=O)N1Cc2ccc(s2)CNC2CCCCC2NCc2ccc(s2)CNC2CCCCC2N(C=O)Cc2ccc(s2)CNC2CCCCC21. The molecule has 0 spiro atoms. The quantitative estimate of drug-likeness (QED) is 0.0793. The highest BCUT2D eigenvalue weighted by Gasteiger charge is 2.34. The number of nitrogens with zero attached hydrogens (tertiary/aromatic N) is 2. The Kier molecular flexibility index (Phi) is 15.9. The van der Waals surface area contributed by atoms with E-state index in [0.717, 1.165) is 82.3 Å². The number of hydrogen-bond acceptors (Lipinski definition) is 11. The molecule has 14 heteroatoms. The molecule has 6 atom stereocenters. The first-order valence-corrected chi connectivity index (χ1v) is 24.0. The van der Waals surface area contributed by atoms with Gasteiger partial charge in [-0.25, -0.2) is 9.59 Å². The second kappa shape index (κ2) is 21.4. The average Bonchev–Trinajstić information content (AvgIpc) is 4.02. The monoisotopic (exact) mass is 849 g/mol. The zero-order valence-electron chi connectivity index (χ0n) is 34.1. The maximum absolute atomic E-state index is 14.1. The maximum atomic E-state index is 14.1. The molecule has 5 N–H and O–H groups in total. The molecule has 0 saturated heterocycles. The van der Waals surface area contributed by atoms with Crippen LogP contribution in [0.5, 0.6) is 0 Å². The molecule has 3 saturated carbocycles. The van der Waals surface area contributed by atoms with E-state index in [1.54, 1.807) is 29.6 Å². The van der Waals surface area contributed by atoms with E-state index in [-0.39, 0.29) is 43.4 Å². The Morgan fingerprint density at radius 2 is 1.10 bits per heavy atom. The van der Waals surface area contributed by atoms with Crippen molar-refractivity contribution in [3.63, 3.8) is 0 Å². The summed E-state index contributed by atoms with van der Waals surface area (Å²) in [6.45, 7) is 9.96. The fourth-order valence-corrected chi connectivity index (χ4v) is 12.1. The van der Waals surface area contributed by atoms with Crippen molar-refractivity contribution in [3.05, 3.63) is 77.8 Å². The maximum Gasteiger partial charge on any atom is 0.333 e. The van der Waals surface area contributed by atoms with Crippen LogP contribution in [0.15, 0.2) is 48.6 Å². The Balaban J connectivity index is 1.10. The van der Waals surface area contributed by atoms with E-state index in [0.29, 0.717) is 37.3 Å². The number of ether oxygens (including phenoxy) is 1. The summed E-state index contributed by atoms with van der Waals surface area (Å²) in [4.78, 5) is 50.3. The molecule has 4 heterocycles. The van der Waals surface area contributed by atoms with Crippen molar-refractivity contribution in [2.75, 3.05) is 13.2 Å². The number of thiophene rings is 3. The lowest BCUT2D eigenvalue weighted by atomic mass is 9.89. The number of rotatable bonds is 5. The van der Waals surface area contributed by atoms with Crippen LogP contribution in [0.4, 0.5) is 4.79 Å². The van der Waals surface area contributed by atoms with Crippen LogP contribution < -0.4 is 26.6 Å². The normalized spacial score (nSPS) is 26.6. The van der Waals surface area contributed by atoms with Crippen LogP contribution in [0, 0.1) is 0 Å². The second-order valence-electron chi connectivity index (χ2n) is 16.6. The molecule has 0 aromatic carbocycles. The van der Waals surface area contributed by atoms with Crippen LogP contribution in [-0.2, 0) is 53.6 Å². The van der Waals surface area contributed by atoms with E-state index in [9.17, 15) is 14.4 Å². The first kappa shape index (κ1) is 43.0. The van der Waals surface area contributed by atoms with Gasteiger partial charge < -0.3 is 41.1 Å². The molecule has 0 radical (unpaired) electrons. The molecule has 7 rings (SSSR count). The van der Waals surface area contributed by atoms with E-state index in [1.807, 2.05) is 21.1 Å². The van der Waals surface area contributed by atoms with Crippen molar-refractivity contribution in [1.82, 2.24) is 36.4 Å². The highest BCUT2D eigenvalue weighted by molar-refractivity contribution is 7.12. The topological polar surface area (TPSA) is 127 Å². The van der Waals surface area contributed by atoms with Gasteiger partial charge in [-0.15, -0.1) is 34.0 Å². The number of urea groups is 1. The zero-order valence-corrected chi connectivity index (χ0v) is 36.6. The van der Waals surface area contributed by atoms with Crippen molar-refractivity contribution in [2.45, 2.75) is 159 Å². The van der Waals surface area contributed by atoms with E-state index in [1.165, 1.54) is 50.1 Å². The molecule has 3 aliphatic carbocycles. The Morgan fingerprint density at radius 1 is 0.672 bits per heavy atom. The molecule has 3 fully saturated rings. The lowest BCUT2D eigenvalue weighted by Gasteiger charge is -2.40. The third-order valence-corrected chi connectivity index (χ3v) is 15.6. The van der Waals surface area contributed by atoms with Crippen LogP contribution in [0.3, 0.4) is 0 Å². The van der Waals surface area contributed by atoms with Crippen molar-refractivity contribution >= 4 is 52.4 Å². The number of esters is 1. The smallest absolute Gasteiger partial charge is 0.333 e. The molecule has 1 aliphatic heterocycles. The summed E-state index contributed by atoms with van der Waals surface area (Å²) in [5, 5.41) is 18.6. The predicted octanol–water partition coefficient (Wildman–Crippen LogP) is 7.17. The van der Waals surface area contributed by atoms with Gasteiger partial charge in [0.2, 0.25) is 6.41 Å². The van der Waals surface area contributed by atoms with E-state index < -0.39 is 5.97 Å². The summed E-state index contributed by atoms with van der Waals surface area (Å²) in [6, 6.07) is 14.6. The summed E-state index contributed by atoms with van der Waals surface area (Å²) in [5.41, 5.74) is 0.341. The minimum absolute atomic E-state index is 0.00661. The largest absolute Gasteiger partial charge is 0.460 e. The molecule has 3 aromatic rings. The molecule has 6 unspecified atom stereocenters. The van der Waals surface area contributed by atoms with Crippen molar-refractivity contribution in [1.29, 1.82) is 0 Å². The van der Waals surface area contributed by atoms with Crippen LogP contribution in [-0.4, -0.2) is 77.6 Å². The zero-order chi connectivity index (χ0) is 40.3. The van der Waals surface area contributed by atoms with Crippen molar-refractivity contribution < 1.29 is 19.1 Å². The summed E-state index contributed by atoms with van der Waals surface area (Å²) >= 11 is 5.44. The highest BCUT2D eigenvalue weighted by Crippen LogP contribution is 2.30. The Morgan fingerprint density at radius 3 is 1.64 bits per heavy atom. The summed E-state index contributed by atoms with van der Waals surface area (Å²) < 4.78 is 5.29. The van der Waals surface area contributed by atoms with Gasteiger partial charge in [0.1, 0.15) is 6.61 Å². The minimum atomic E-state index is -0.450. The second-order valence-corrected chi connectivity index (χ2v) is 20.4. The lowest BCUT2D eigenvalue weighted by Crippen LogP contribution is -2.55. The van der Waals surface area contributed by atoms with Crippen LogP contribution in [0.25, 0.3) is 0 Å². The van der Waals surface area contributed by atoms with Gasteiger partial charge in [-0.3, -0.25) is 4.79 Å². The van der Waals surface area contributed by atoms with Crippen molar-refractivity contribution in [3.8, 4) is 0 Å². The molecule has 3 aromatic heterocycles. The molecular formula is C44H63N7O4S3. The Labute approximate surface area is 356 Å². The van der Waals surface area contributed by atoms with Gasteiger partial charge in [0.15, 0.2) is 0 Å². The molecule has 58 heavy (non-hydrogen) atoms. The molecule has 11 nitrogen and oxygen atoms in total. The third kappa shape index (κ3) is 11.8. The molecular weight excluding hydrogens is 787 g/mol. The number of carbonyl (C=O) groups is 3. The fraction of sp³-hybridized carbons (Fsp3) is 0.614. The first-order chi connectivity index (χ1) is 28.3. The van der Waals surface area contributed by atoms with Gasteiger partial charge in [0, 0.05) is 97.3 Å². The van der Waals surface area contributed by atoms with Gasteiger partial charge in [-0.2, -0.15) is 0 Å². The van der Waals surface area contributed by atoms with Gasteiger partial charge in [0.25, 0.3) is 0 Å². The minimum Gasteiger partial charge on any atom is -0.460 e. The number of hydrogen-bond donors (Lipinski definition) is 5. The highest BCUT2D eigenvalue weighted by atomic mass is 32.1. The number of nitrogens with one attached hydrogen (secondary N) is 5. The Bertz CT molecular complexity index is 1810. The van der Waals surface area contributed by atoms with Gasteiger partial charge >= 0.3 is 12.0 Å². The fourth-order valence-electron chi connectivity index (χ4n) is 9.28. The van der Waals surface area contributed by atoms with E-state index >= 15 is 0 Å². The van der Waals surface area contributed by atoms with Gasteiger partial charge in [-0.1, -0.05) is 45.1 Å². The first-order valence-electron chi connectivity index (χ1n) is 21.6. The standard InChI is InChI=1S/C44H63N7O4S3/c1-30(2)43(53)55-22-21-45-44(54)51-28-36-20-18-33(58-36)24-47-38-10-4-3-9-37(38)46-23-31-15-16-32(56-31)25-48-39-11-5-7-13-41(39)50(29-52)27-35-19-17-34(57-35)26-49-40-12-6-8-14-42(40)51/h15-20,29,37-42,46-49H,1,3-14,21-28H2,2H3,(H,45,54). The average molecular weight is 850 g/mol. The van der Waals surface area contributed by atoms with Crippen LogP contribution >= 0.6 is 34.0 Å².